The molecule has 0 saturated heterocycles. The van der Waals surface area contributed by atoms with E-state index in [1.165, 1.54) is 24.3 Å². The van der Waals surface area contributed by atoms with Gasteiger partial charge in [-0.25, -0.2) is 4.98 Å². The molecule has 8 N–H and O–H groups in total. The number of ether oxygens (including phenoxy) is 1. The van der Waals surface area contributed by atoms with Crippen LogP contribution in [0.2, 0.25) is 0 Å². The van der Waals surface area contributed by atoms with Crippen LogP contribution in [0.25, 0.3) is 16.9 Å². The molecule has 2 aromatic rings. The summed E-state index contributed by atoms with van der Waals surface area (Å²) in [6, 6.07) is 3.52. The predicted molar refractivity (Wildman–Crippen MR) is 138 cm³/mol. The molecule has 0 unspecified atom stereocenters. The first kappa shape index (κ1) is 26.2. The Hall–Kier alpha value is -4.42. The molecule has 1 fully saturated rings. The average molecular weight is 537 g/mol. The zero-order valence-electron chi connectivity index (χ0n) is 21.4. The van der Waals surface area contributed by atoms with Crippen LogP contribution in [-0.4, -0.2) is 80.6 Å². The van der Waals surface area contributed by atoms with Crippen LogP contribution in [0.4, 0.5) is 5.82 Å². The molecule has 4 atom stereocenters. The number of aromatic nitrogens is 1. The highest BCUT2D eigenvalue weighted by atomic mass is 16.5. The van der Waals surface area contributed by atoms with E-state index in [0.29, 0.717) is 22.4 Å². The number of methoxy groups -OCH3 is 1. The zero-order valence-corrected chi connectivity index (χ0v) is 21.4. The number of carbonyl (C=O) groups excluding carboxylic acids is 3. The number of Topliss-reactive ketones (excluding diaryl/α,β-unsaturated/α-hetero) is 2. The number of aliphatic hydroxyl groups is 3. The topological polar surface area (TPSA) is 210 Å². The fourth-order valence-electron chi connectivity index (χ4n) is 6.37. The van der Waals surface area contributed by atoms with E-state index >= 15 is 0 Å². The minimum atomic E-state index is -2.70. The molecular formula is C27H28N4O8. The minimum Gasteiger partial charge on any atom is -0.508 e. The maximum atomic E-state index is 13.9. The number of nitrogens with zero attached hydrogens (tertiary/aromatic N) is 2. The molecule has 0 radical (unpaired) electrons. The predicted octanol–water partition coefficient (Wildman–Crippen LogP) is 0.617. The van der Waals surface area contributed by atoms with Crippen molar-refractivity contribution in [3.8, 4) is 22.6 Å². The molecule has 12 heteroatoms. The Morgan fingerprint density at radius 3 is 2.49 bits per heavy atom. The van der Waals surface area contributed by atoms with E-state index in [2.05, 4.69) is 4.98 Å². The fraction of sp³-hybridized carbons (Fsp3) is 0.333. The van der Waals surface area contributed by atoms with Gasteiger partial charge in [0.25, 0.3) is 5.91 Å². The van der Waals surface area contributed by atoms with Gasteiger partial charge in [-0.2, -0.15) is 0 Å². The highest BCUT2D eigenvalue weighted by molar-refractivity contribution is 6.24. The number of benzene rings is 1. The van der Waals surface area contributed by atoms with E-state index in [4.69, 9.17) is 16.2 Å². The number of ketones is 2. The number of carbonyl (C=O) groups is 3. The summed E-state index contributed by atoms with van der Waals surface area (Å²) in [4.78, 5) is 44.7. The van der Waals surface area contributed by atoms with Gasteiger partial charge >= 0.3 is 0 Å². The Labute approximate surface area is 222 Å². The van der Waals surface area contributed by atoms with Crippen LogP contribution in [0.3, 0.4) is 0 Å². The number of fused-ring (bicyclic) bond motifs is 3. The standard InChI is InChI=1S/C27H28N4O8/c1-31(2)19-14-8-10-7-13-17(15(32)9-12(22(13)39-3)11-5-4-6-30-25(11)28)20(33)16(10)23(35)27(14,38)24(36)18(21(19)34)26(29)37/h4-6,9-10,14,19,32-33,36,38H,7-8H2,1-3H3,(H2,28,30)(H2,29,37)/t10-,14-,19-,27-/m0/s1. The monoisotopic (exact) mass is 536 g/mol. The number of aliphatic hydroxyl groups excluding tert-OH is 2. The van der Waals surface area contributed by atoms with Gasteiger partial charge in [0.2, 0.25) is 5.78 Å². The number of primary amides is 1. The number of likely N-dealkylation sites (N-methyl/N-ethyl adjacent to an activating group) is 1. The van der Waals surface area contributed by atoms with Crippen LogP contribution in [0.5, 0.6) is 11.5 Å². The van der Waals surface area contributed by atoms with E-state index in [1.807, 2.05) is 0 Å². The molecule has 0 spiro atoms. The van der Waals surface area contributed by atoms with Gasteiger partial charge in [-0.05, 0) is 51.1 Å². The Morgan fingerprint density at radius 2 is 1.90 bits per heavy atom. The van der Waals surface area contributed by atoms with Crippen molar-refractivity contribution in [2.24, 2.45) is 17.6 Å². The van der Waals surface area contributed by atoms with Crippen molar-refractivity contribution in [3.63, 3.8) is 0 Å². The summed E-state index contributed by atoms with van der Waals surface area (Å²) in [5.41, 5.74) is 8.82. The van der Waals surface area contributed by atoms with E-state index in [1.54, 1.807) is 26.2 Å². The number of amides is 1. The number of anilines is 1. The van der Waals surface area contributed by atoms with Crippen LogP contribution in [0, 0.1) is 11.8 Å². The van der Waals surface area contributed by atoms with Crippen molar-refractivity contribution in [2.75, 3.05) is 26.9 Å². The minimum absolute atomic E-state index is 0.0328. The van der Waals surface area contributed by atoms with Gasteiger partial charge in [0.15, 0.2) is 11.4 Å². The third-order valence-electron chi connectivity index (χ3n) is 8.00. The van der Waals surface area contributed by atoms with Crippen LogP contribution in [0.15, 0.2) is 41.3 Å². The number of rotatable bonds is 4. The molecular weight excluding hydrogens is 508 g/mol. The molecule has 5 rings (SSSR count). The fourth-order valence-corrected chi connectivity index (χ4v) is 6.37. The van der Waals surface area contributed by atoms with Gasteiger partial charge in [0, 0.05) is 34.4 Å². The Morgan fingerprint density at radius 1 is 1.21 bits per heavy atom. The van der Waals surface area contributed by atoms with Gasteiger partial charge in [-0.1, -0.05) is 0 Å². The lowest BCUT2D eigenvalue weighted by atomic mass is 9.57. The highest BCUT2D eigenvalue weighted by Crippen LogP contribution is 2.55. The van der Waals surface area contributed by atoms with Gasteiger partial charge in [0.1, 0.15) is 34.4 Å². The second-order valence-electron chi connectivity index (χ2n) is 10.2. The number of nitrogens with two attached hydrogens (primary N) is 2. The number of aromatic hydroxyl groups is 1. The zero-order chi connectivity index (χ0) is 28.5. The number of phenolic OH excluding ortho intramolecular Hbond substituents is 1. The molecule has 3 aliphatic carbocycles. The van der Waals surface area contributed by atoms with Crippen molar-refractivity contribution < 1.29 is 39.5 Å². The molecule has 3 aliphatic rings. The molecule has 1 amide bonds. The van der Waals surface area contributed by atoms with Crippen molar-refractivity contribution in [1.29, 1.82) is 0 Å². The summed E-state index contributed by atoms with van der Waals surface area (Å²) in [5.74, 6) is -6.73. The first-order chi connectivity index (χ1) is 18.4. The van der Waals surface area contributed by atoms with Gasteiger partial charge < -0.3 is 36.6 Å². The Kier molecular flexibility index (Phi) is 5.92. The second kappa shape index (κ2) is 8.82. The van der Waals surface area contributed by atoms with Crippen LogP contribution in [0.1, 0.15) is 17.5 Å². The van der Waals surface area contributed by atoms with Crippen LogP contribution >= 0.6 is 0 Å². The van der Waals surface area contributed by atoms with E-state index in [-0.39, 0.29) is 35.5 Å². The smallest absolute Gasteiger partial charge is 0.255 e. The maximum Gasteiger partial charge on any atom is 0.255 e. The maximum absolute atomic E-state index is 13.9. The normalized spacial score (nSPS) is 26.3. The third kappa shape index (κ3) is 3.45. The summed E-state index contributed by atoms with van der Waals surface area (Å²) in [6.07, 6.45) is 1.56. The lowest BCUT2D eigenvalue weighted by Crippen LogP contribution is -2.65. The molecule has 1 heterocycles. The van der Waals surface area contributed by atoms with E-state index in [0.717, 1.165) is 0 Å². The van der Waals surface area contributed by atoms with Crippen molar-refractivity contribution in [3.05, 3.63) is 52.4 Å². The summed E-state index contributed by atoms with van der Waals surface area (Å²) in [5, 5.41) is 45.0. The molecule has 39 heavy (non-hydrogen) atoms. The van der Waals surface area contributed by atoms with Gasteiger partial charge in [-0.3, -0.25) is 19.3 Å². The summed E-state index contributed by atoms with van der Waals surface area (Å²) in [7, 11) is 4.50. The number of pyridine rings is 1. The number of nitrogen functional groups attached to an aromatic ring is 1. The summed E-state index contributed by atoms with van der Waals surface area (Å²) in [6.45, 7) is 0. The van der Waals surface area contributed by atoms with E-state index < -0.39 is 58.0 Å². The first-order valence-corrected chi connectivity index (χ1v) is 12.1. The largest absolute Gasteiger partial charge is 0.508 e. The Balaban J connectivity index is 1.76. The van der Waals surface area contributed by atoms with Crippen molar-refractivity contribution in [2.45, 2.75) is 24.5 Å². The SMILES string of the molecule is COc1c(-c2cccnc2N)cc(O)c2c1C[C@H]1C[C@H]3[C@H](N(C)C)C(=O)C(C(N)=O)=C(O)[C@@]3(O)C(=O)C1=C2O. The molecule has 12 nitrogen and oxygen atoms in total. The molecule has 204 valence electrons. The molecule has 0 aliphatic heterocycles. The van der Waals surface area contributed by atoms with E-state index in [9.17, 15) is 34.8 Å². The summed E-state index contributed by atoms with van der Waals surface area (Å²) < 4.78 is 5.70. The number of hydrogen-bond acceptors (Lipinski definition) is 11. The summed E-state index contributed by atoms with van der Waals surface area (Å²) >= 11 is 0. The Bertz CT molecular complexity index is 1530. The van der Waals surface area contributed by atoms with Gasteiger partial charge in [0.05, 0.1) is 18.7 Å². The van der Waals surface area contributed by atoms with Gasteiger partial charge in [-0.15, -0.1) is 0 Å². The average Bonchev–Trinajstić information content (AvgIpc) is 2.86. The quantitative estimate of drug-likeness (QED) is 0.298. The molecule has 0 bridgehead atoms. The lowest BCUT2D eigenvalue weighted by Gasteiger charge is -2.50. The van der Waals surface area contributed by atoms with Crippen molar-refractivity contribution >= 4 is 29.1 Å². The number of hydrogen-bond donors (Lipinski definition) is 6. The van der Waals surface area contributed by atoms with Crippen LogP contribution < -0.4 is 16.2 Å². The second-order valence-corrected chi connectivity index (χ2v) is 10.2. The lowest BCUT2D eigenvalue weighted by molar-refractivity contribution is -0.153. The molecule has 1 aromatic carbocycles. The molecule has 1 saturated carbocycles. The number of phenols is 1. The highest BCUT2D eigenvalue weighted by Gasteiger charge is 2.64. The third-order valence-corrected chi connectivity index (χ3v) is 8.00. The molecule has 1 aromatic heterocycles. The van der Waals surface area contributed by atoms with Crippen molar-refractivity contribution in [1.82, 2.24) is 9.88 Å². The first-order valence-electron chi connectivity index (χ1n) is 12.1. The van der Waals surface area contributed by atoms with Crippen LogP contribution in [-0.2, 0) is 20.8 Å².